The molecule has 4 aromatic rings. The maximum absolute atomic E-state index is 12.9. The summed E-state index contributed by atoms with van der Waals surface area (Å²) in [5.41, 5.74) is 1.10. The first-order valence-electron chi connectivity index (χ1n) is 9.57. The molecule has 0 heterocycles. The van der Waals surface area contributed by atoms with E-state index in [0.717, 1.165) is 0 Å². The van der Waals surface area contributed by atoms with Crippen LogP contribution in [-0.2, 0) is 0 Å². The first-order chi connectivity index (χ1) is 15.0. The van der Waals surface area contributed by atoms with Gasteiger partial charge in [-0.05, 0) is 60.7 Å². The third-order valence-electron chi connectivity index (χ3n) is 4.77. The molecule has 0 fully saturated rings. The Labute approximate surface area is 178 Å². The summed E-state index contributed by atoms with van der Waals surface area (Å²) in [4.78, 5) is 25.5. The summed E-state index contributed by atoms with van der Waals surface area (Å²) in [5, 5.41) is 19.9. The fraction of sp³-hybridized carbons (Fsp3) is 0. The highest BCUT2D eigenvalue weighted by Gasteiger charge is 2.18. The Kier molecular flexibility index (Phi) is 5.49. The predicted octanol–water partition coefficient (Wildman–Crippen LogP) is 5.35. The first kappa shape index (κ1) is 19.9. The van der Waals surface area contributed by atoms with Crippen molar-refractivity contribution < 1.29 is 24.5 Å². The van der Waals surface area contributed by atoms with E-state index < -0.39 is 0 Å². The van der Waals surface area contributed by atoms with Gasteiger partial charge < -0.3 is 14.9 Å². The fourth-order valence-corrected chi connectivity index (χ4v) is 3.18. The number of para-hydroxylation sites is 3. The molecule has 0 aliphatic carbocycles. The molecule has 152 valence electrons. The number of phenols is 2. The molecule has 0 saturated heterocycles. The van der Waals surface area contributed by atoms with Gasteiger partial charge in [0.05, 0.1) is 16.7 Å². The summed E-state index contributed by atoms with van der Waals surface area (Å²) >= 11 is 0. The van der Waals surface area contributed by atoms with Gasteiger partial charge in [0.25, 0.3) is 0 Å². The number of hydrogen-bond acceptors (Lipinski definition) is 5. The highest BCUT2D eigenvalue weighted by atomic mass is 16.5. The van der Waals surface area contributed by atoms with Crippen molar-refractivity contribution in [3.8, 4) is 23.0 Å². The van der Waals surface area contributed by atoms with Crippen LogP contribution in [-0.4, -0.2) is 21.8 Å². The molecular weight excluding hydrogens is 392 g/mol. The van der Waals surface area contributed by atoms with Gasteiger partial charge >= 0.3 is 0 Å². The second kappa shape index (κ2) is 8.55. The van der Waals surface area contributed by atoms with Crippen LogP contribution in [0.3, 0.4) is 0 Å². The fourth-order valence-electron chi connectivity index (χ4n) is 3.18. The monoisotopic (exact) mass is 410 g/mol. The molecule has 5 heteroatoms. The average molecular weight is 410 g/mol. The molecule has 0 aliphatic heterocycles. The topological polar surface area (TPSA) is 83.8 Å². The Morgan fingerprint density at radius 3 is 1.61 bits per heavy atom. The molecule has 0 aromatic heterocycles. The molecule has 0 unspecified atom stereocenters. The van der Waals surface area contributed by atoms with Crippen molar-refractivity contribution >= 4 is 11.6 Å². The van der Waals surface area contributed by atoms with Crippen molar-refractivity contribution in [3.05, 3.63) is 119 Å². The van der Waals surface area contributed by atoms with Gasteiger partial charge in [0.2, 0.25) is 0 Å². The van der Waals surface area contributed by atoms with Crippen LogP contribution < -0.4 is 4.74 Å². The molecule has 0 amide bonds. The Bertz CT molecular complexity index is 1260. The van der Waals surface area contributed by atoms with E-state index in [9.17, 15) is 19.8 Å². The zero-order valence-electron chi connectivity index (χ0n) is 16.4. The second-order valence-electron chi connectivity index (χ2n) is 6.82. The number of benzene rings is 4. The van der Waals surface area contributed by atoms with E-state index in [1.165, 1.54) is 12.1 Å². The van der Waals surface area contributed by atoms with Crippen LogP contribution in [0, 0.1) is 0 Å². The normalized spacial score (nSPS) is 10.5. The van der Waals surface area contributed by atoms with Crippen LogP contribution in [0.2, 0.25) is 0 Å². The number of ether oxygens (including phenoxy) is 1. The summed E-state index contributed by atoms with van der Waals surface area (Å²) in [7, 11) is 0. The van der Waals surface area contributed by atoms with Crippen LogP contribution >= 0.6 is 0 Å². The summed E-state index contributed by atoms with van der Waals surface area (Å²) in [6.07, 6.45) is 0. The van der Waals surface area contributed by atoms with Gasteiger partial charge in [-0.2, -0.15) is 0 Å². The molecule has 0 aliphatic rings. The summed E-state index contributed by atoms with van der Waals surface area (Å²) in [5.74, 6) is -0.0829. The Hall–Kier alpha value is -4.38. The standard InChI is InChI=1S/C26H18O5/c27-22-10-4-1-7-19(22)25(29)17-13-15-18(16-14-17)31-24-12-6-3-9-21(24)26(30)20-8-2-5-11-23(20)28/h1-16,27-28H. The van der Waals surface area contributed by atoms with E-state index in [1.807, 2.05) is 0 Å². The van der Waals surface area contributed by atoms with Crippen LogP contribution in [0.4, 0.5) is 0 Å². The van der Waals surface area contributed by atoms with E-state index in [-0.39, 0.29) is 34.2 Å². The van der Waals surface area contributed by atoms with Gasteiger partial charge in [0, 0.05) is 5.56 Å². The molecule has 0 spiro atoms. The van der Waals surface area contributed by atoms with E-state index in [2.05, 4.69) is 0 Å². The number of hydrogen-bond donors (Lipinski definition) is 2. The second-order valence-corrected chi connectivity index (χ2v) is 6.82. The third-order valence-corrected chi connectivity index (χ3v) is 4.77. The van der Waals surface area contributed by atoms with Crippen molar-refractivity contribution in [1.82, 2.24) is 0 Å². The van der Waals surface area contributed by atoms with Gasteiger partial charge in [-0.15, -0.1) is 0 Å². The minimum Gasteiger partial charge on any atom is -0.507 e. The number of aromatic hydroxyl groups is 2. The maximum atomic E-state index is 12.9. The molecule has 5 nitrogen and oxygen atoms in total. The largest absolute Gasteiger partial charge is 0.507 e. The Morgan fingerprint density at radius 1 is 0.548 bits per heavy atom. The molecule has 2 N–H and O–H groups in total. The molecule has 4 rings (SSSR count). The van der Waals surface area contributed by atoms with Gasteiger partial charge in [0.15, 0.2) is 11.6 Å². The molecule has 0 radical (unpaired) electrons. The lowest BCUT2D eigenvalue weighted by molar-refractivity contribution is 0.102. The van der Waals surface area contributed by atoms with E-state index in [4.69, 9.17) is 4.74 Å². The first-order valence-corrected chi connectivity index (χ1v) is 9.57. The number of phenolic OH excluding ortho intramolecular Hbond substituents is 2. The molecular formula is C26H18O5. The number of ketones is 2. The molecule has 0 saturated carbocycles. The highest BCUT2D eigenvalue weighted by molar-refractivity contribution is 6.12. The Morgan fingerprint density at radius 2 is 1.03 bits per heavy atom. The molecule has 0 atom stereocenters. The van der Waals surface area contributed by atoms with Gasteiger partial charge in [-0.3, -0.25) is 9.59 Å². The smallest absolute Gasteiger partial charge is 0.200 e. The van der Waals surface area contributed by atoms with Crippen molar-refractivity contribution in [2.45, 2.75) is 0 Å². The van der Waals surface area contributed by atoms with Crippen LogP contribution in [0.1, 0.15) is 31.8 Å². The average Bonchev–Trinajstić information content (AvgIpc) is 2.80. The quantitative estimate of drug-likeness (QED) is 0.419. The predicted molar refractivity (Wildman–Crippen MR) is 116 cm³/mol. The SMILES string of the molecule is O=C(c1ccc(Oc2ccccc2C(=O)c2ccccc2O)cc1)c1ccccc1O. The van der Waals surface area contributed by atoms with E-state index in [1.54, 1.807) is 84.9 Å². The van der Waals surface area contributed by atoms with Gasteiger partial charge in [-0.25, -0.2) is 0 Å². The van der Waals surface area contributed by atoms with Crippen LogP contribution in [0.15, 0.2) is 97.1 Å². The summed E-state index contributed by atoms with van der Waals surface area (Å²) in [6.45, 7) is 0. The number of rotatable bonds is 6. The highest BCUT2D eigenvalue weighted by Crippen LogP contribution is 2.30. The van der Waals surface area contributed by atoms with Crippen LogP contribution in [0.5, 0.6) is 23.0 Å². The Balaban J connectivity index is 1.58. The molecule has 0 bridgehead atoms. The molecule has 4 aromatic carbocycles. The van der Waals surface area contributed by atoms with Crippen molar-refractivity contribution in [2.24, 2.45) is 0 Å². The minimum absolute atomic E-state index is 0.0792. The van der Waals surface area contributed by atoms with E-state index in [0.29, 0.717) is 22.6 Å². The maximum Gasteiger partial charge on any atom is 0.200 e. The van der Waals surface area contributed by atoms with E-state index >= 15 is 0 Å². The number of carbonyl (C=O) groups is 2. The van der Waals surface area contributed by atoms with Crippen molar-refractivity contribution in [3.63, 3.8) is 0 Å². The van der Waals surface area contributed by atoms with Crippen LogP contribution in [0.25, 0.3) is 0 Å². The zero-order chi connectivity index (χ0) is 21.8. The third kappa shape index (κ3) is 4.16. The lowest BCUT2D eigenvalue weighted by Crippen LogP contribution is -2.04. The lowest BCUT2D eigenvalue weighted by atomic mass is 10.0. The van der Waals surface area contributed by atoms with Gasteiger partial charge in [0.1, 0.15) is 23.0 Å². The zero-order valence-corrected chi connectivity index (χ0v) is 16.4. The molecule has 31 heavy (non-hydrogen) atoms. The minimum atomic E-state index is -0.361. The number of carbonyl (C=O) groups excluding carboxylic acids is 2. The summed E-state index contributed by atoms with van der Waals surface area (Å²) < 4.78 is 5.89. The van der Waals surface area contributed by atoms with Crippen molar-refractivity contribution in [2.75, 3.05) is 0 Å². The summed E-state index contributed by atoms with van der Waals surface area (Å²) in [6, 6.07) is 25.9. The van der Waals surface area contributed by atoms with Crippen molar-refractivity contribution in [1.29, 1.82) is 0 Å². The lowest BCUT2D eigenvalue weighted by Gasteiger charge is -2.12. The van der Waals surface area contributed by atoms with Gasteiger partial charge in [-0.1, -0.05) is 36.4 Å².